The summed E-state index contributed by atoms with van der Waals surface area (Å²) < 4.78 is 7.17. The molecule has 1 aromatic heterocycles. The van der Waals surface area contributed by atoms with E-state index in [9.17, 15) is 9.59 Å². The summed E-state index contributed by atoms with van der Waals surface area (Å²) in [6, 6.07) is 8.22. The van der Waals surface area contributed by atoms with E-state index in [1.165, 1.54) is 5.52 Å². The molecule has 1 fully saturated rings. The molecule has 3 rings (SSSR count). The highest BCUT2D eigenvalue weighted by molar-refractivity contribution is 5.81. The molecule has 0 bridgehead atoms. The molecule has 0 radical (unpaired) electrons. The second kappa shape index (κ2) is 8.34. The third kappa shape index (κ3) is 4.23. The number of hydrogen-bond acceptors (Lipinski definition) is 4. The van der Waals surface area contributed by atoms with Crippen LogP contribution in [0.3, 0.4) is 0 Å². The highest BCUT2D eigenvalue weighted by Gasteiger charge is 2.24. The highest BCUT2D eigenvalue weighted by Crippen LogP contribution is 2.23. The van der Waals surface area contributed by atoms with Gasteiger partial charge in [-0.05, 0) is 44.7 Å². The van der Waals surface area contributed by atoms with E-state index in [4.69, 9.17) is 4.74 Å². The number of rotatable bonds is 6. The van der Waals surface area contributed by atoms with Crippen LogP contribution >= 0.6 is 0 Å². The van der Waals surface area contributed by atoms with Crippen LogP contribution in [-0.4, -0.2) is 46.0 Å². The molecule has 1 saturated heterocycles. The molecule has 1 aliphatic rings. The van der Waals surface area contributed by atoms with Gasteiger partial charge in [0.05, 0.1) is 24.1 Å². The lowest BCUT2D eigenvalue weighted by atomic mass is 9.96. The van der Waals surface area contributed by atoms with E-state index in [0.717, 1.165) is 43.8 Å². The minimum absolute atomic E-state index is 0.0563. The molecule has 0 spiro atoms. The zero-order valence-electron chi connectivity index (χ0n) is 15.6. The van der Waals surface area contributed by atoms with Crippen molar-refractivity contribution in [1.82, 2.24) is 14.5 Å². The molecule has 0 atom stereocenters. The topological polar surface area (TPSA) is 64.4 Å². The maximum Gasteiger partial charge on any atom is 0.306 e. The van der Waals surface area contributed by atoms with Crippen LogP contribution in [0.4, 0.5) is 0 Å². The first-order valence-corrected chi connectivity index (χ1v) is 9.43. The average Bonchev–Trinajstić information content (AvgIpc) is 2.96. The van der Waals surface area contributed by atoms with Crippen LogP contribution in [0.1, 0.15) is 38.4 Å². The molecular formula is C20H27N3O3. The van der Waals surface area contributed by atoms with Gasteiger partial charge in [-0.25, -0.2) is 4.98 Å². The molecule has 0 unspecified atom stereocenters. The number of piperidine rings is 1. The van der Waals surface area contributed by atoms with E-state index in [2.05, 4.69) is 15.6 Å². The second-order valence-corrected chi connectivity index (χ2v) is 6.89. The predicted molar refractivity (Wildman–Crippen MR) is 99.6 cm³/mol. The lowest BCUT2D eigenvalue weighted by Crippen LogP contribution is -2.39. The van der Waals surface area contributed by atoms with Crippen molar-refractivity contribution in [2.45, 2.75) is 46.1 Å². The Balaban J connectivity index is 1.51. The van der Waals surface area contributed by atoms with Gasteiger partial charge in [-0.3, -0.25) is 9.59 Å². The van der Waals surface area contributed by atoms with Gasteiger partial charge in [0.15, 0.2) is 0 Å². The highest BCUT2D eigenvalue weighted by atomic mass is 16.5. The van der Waals surface area contributed by atoms with E-state index in [1.807, 2.05) is 30.0 Å². The number of carbonyl (C=O) groups is 2. The van der Waals surface area contributed by atoms with E-state index in [0.29, 0.717) is 12.5 Å². The fourth-order valence-electron chi connectivity index (χ4n) is 3.65. The number of imidazole rings is 1. The Morgan fingerprint density at radius 2 is 1.92 bits per heavy atom. The fourth-order valence-corrected chi connectivity index (χ4v) is 3.65. The summed E-state index contributed by atoms with van der Waals surface area (Å²) in [5.74, 6) is 1.35. The summed E-state index contributed by atoms with van der Waals surface area (Å²) in [6.45, 7) is 6.65. The maximum atomic E-state index is 12.3. The Labute approximate surface area is 154 Å². The molecule has 2 heterocycles. The molecule has 140 valence electrons. The zero-order valence-corrected chi connectivity index (χ0v) is 15.6. The average molecular weight is 357 g/mol. The number of benzene rings is 1. The van der Waals surface area contributed by atoms with E-state index < -0.39 is 0 Å². The quantitative estimate of drug-likeness (QED) is 0.746. The van der Waals surface area contributed by atoms with Crippen molar-refractivity contribution in [3.05, 3.63) is 30.1 Å². The molecular weight excluding hydrogens is 330 g/mol. The van der Waals surface area contributed by atoms with Crippen molar-refractivity contribution in [3.63, 3.8) is 0 Å². The number of fused-ring (bicyclic) bond motifs is 1. The van der Waals surface area contributed by atoms with Crippen molar-refractivity contribution in [2.75, 3.05) is 19.7 Å². The Bertz CT molecular complexity index is 776. The van der Waals surface area contributed by atoms with Gasteiger partial charge >= 0.3 is 5.97 Å². The van der Waals surface area contributed by atoms with Crippen molar-refractivity contribution in [2.24, 2.45) is 5.92 Å². The Morgan fingerprint density at radius 3 is 2.65 bits per heavy atom. The van der Waals surface area contributed by atoms with Crippen molar-refractivity contribution in [3.8, 4) is 0 Å². The molecule has 0 aliphatic carbocycles. The van der Waals surface area contributed by atoms with Crippen molar-refractivity contribution < 1.29 is 14.3 Å². The Morgan fingerprint density at radius 1 is 1.19 bits per heavy atom. The van der Waals surface area contributed by atoms with Crippen LogP contribution in [0.15, 0.2) is 24.3 Å². The first-order chi connectivity index (χ1) is 12.6. The number of para-hydroxylation sites is 2. The van der Waals surface area contributed by atoms with Gasteiger partial charge in [0.2, 0.25) is 5.91 Å². The van der Waals surface area contributed by atoms with Gasteiger partial charge in [-0.1, -0.05) is 12.1 Å². The van der Waals surface area contributed by atoms with Crippen molar-refractivity contribution in [1.29, 1.82) is 0 Å². The second-order valence-electron chi connectivity index (χ2n) is 6.89. The first-order valence-electron chi connectivity index (χ1n) is 9.43. The summed E-state index contributed by atoms with van der Waals surface area (Å²) in [5, 5.41) is 0. The number of esters is 1. The van der Waals surface area contributed by atoms with Gasteiger partial charge in [0, 0.05) is 26.1 Å². The van der Waals surface area contributed by atoms with Crippen molar-refractivity contribution >= 4 is 22.9 Å². The molecule has 6 heteroatoms. The fraction of sp³-hybridized carbons (Fsp3) is 0.550. The lowest BCUT2D eigenvalue weighted by molar-refractivity contribution is -0.146. The van der Waals surface area contributed by atoms with Gasteiger partial charge in [-0.15, -0.1) is 0 Å². The summed E-state index contributed by atoms with van der Waals surface area (Å²) in [6.07, 6.45) is 2.38. The summed E-state index contributed by atoms with van der Waals surface area (Å²) in [7, 11) is 0. The van der Waals surface area contributed by atoms with Crippen LogP contribution in [-0.2, 0) is 20.9 Å². The molecule has 1 aliphatic heterocycles. The van der Waals surface area contributed by atoms with Crippen LogP contribution in [0.5, 0.6) is 0 Å². The van der Waals surface area contributed by atoms with Gasteiger partial charge < -0.3 is 14.2 Å². The van der Waals surface area contributed by atoms with E-state index in [-0.39, 0.29) is 24.7 Å². The third-order valence-corrected chi connectivity index (χ3v) is 5.10. The largest absolute Gasteiger partial charge is 0.466 e. The molecule has 26 heavy (non-hydrogen) atoms. The number of aromatic nitrogens is 2. The Hall–Kier alpha value is -2.37. The molecule has 0 N–H and O–H groups in total. The van der Waals surface area contributed by atoms with Crippen LogP contribution in [0, 0.1) is 12.8 Å². The third-order valence-electron chi connectivity index (χ3n) is 5.10. The number of amides is 1. The monoisotopic (exact) mass is 357 g/mol. The number of carbonyl (C=O) groups excluding carboxylic acids is 2. The predicted octanol–water partition coefficient (Wildman–Crippen LogP) is 2.93. The Kier molecular flexibility index (Phi) is 5.91. The summed E-state index contributed by atoms with van der Waals surface area (Å²) in [4.78, 5) is 30.2. The zero-order chi connectivity index (χ0) is 18.5. The minimum atomic E-state index is -0.293. The molecule has 1 aromatic carbocycles. The number of aryl methyl sites for hydroxylation is 1. The number of nitrogens with zero attached hydrogens (tertiary/aromatic N) is 3. The SMILES string of the molecule is CCOC(=O)CCC(=O)N1CCC(Cn2c(C)nc3ccccc32)CC1. The molecule has 1 amide bonds. The minimum Gasteiger partial charge on any atom is -0.466 e. The molecule has 2 aromatic rings. The summed E-state index contributed by atoms with van der Waals surface area (Å²) >= 11 is 0. The number of likely N-dealkylation sites (tertiary alicyclic amines) is 1. The standard InChI is InChI=1S/C20H27N3O3/c1-3-26-20(25)9-8-19(24)22-12-10-16(11-13-22)14-23-15(2)21-17-6-4-5-7-18(17)23/h4-7,16H,3,8-14H2,1-2H3. The first kappa shape index (κ1) is 18.4. The van der Waals surface area contributed by atoms with Gasteiger partial charge in [0.1, 0.15) is 5.82 Å². The van der Waals surface area contributed by atoms with E-state index in [1.54, 1.807) is 6.92 Å². The molecule has 6 nitrogen and oxygen atoms in total. The summed E-state index contributed by atoms with van der Waals surface area (Å²) in [5.41, 5.74) is 2.22. The number of ether oxygens (including phenoxy) is 1. The van der Waals surface area contributed by atoms with Crippen LogP contribution < -0.4 is 0 Å². The smallest absolute Gasteiger partial charge is 0.306 e. The molecule has 0 saturated carbocycles. The van der Waals surface area contributed by atoms with E-state index >= 15 is 0 Å². The number of hydrogen-bond donors (Lipinski definition) is 0. The lowest BCUT2D eigenvalue weighted by Gasteiger charge is -2.32. The van der Waals surface area contributed by atoms with Gasteiger partial charge in [-0.2, -0.15) is 0 Å². The maximum absolute atomic E-state index is 12.3. The van der Waals surface area contributed by atoms with Gasteiger partial charge in [0.25, 0.3) is 0 Å². The normalized spacial score (nSPS) is 15.4. The van der Waals surface area contributed by atoms with Crippen LogP contribution in [0.25, 0.3) is 11.0 Å². The van der Waals surface area contributed by atoms with Crippen LogP contribution in [0.2, 0.25) is 0 Å².